The Morgan fingerprint density at radius 2 is 1.54 bits per heavy atom. The van der Waals surface area contributed by atoms with Gasteiger partial charge in [0.15, 0.2) is 0 Å². The number of benzene rings is 3. The molecule has 4 rings (SSSR count). The Hall–Kier alpha value is -2.80. The third-order valence-electron chi connectivity index (χ3n) is 5.61. The lowest BCUT2D eigenvalue weighted by Gasteiger charge is -2.21. The highest BCUT2D eigenvalue weighted by molar-refractivity contribution is 5.90. The van der Waals surface area contributed by atoms with Crippen LogP contribution in [-0.2, 0) is 11.8 Å². The van der Waals surface area contributed by atoms with Gasteiger partial charge in [-0.1, -0.05) is 87.0 Å². The van der Waals surface area contributed by atoms with E-state index in [-0.39, 0.29) is 5.41 Å². The lowest BCUT2D eigenvalue weighted by Crippen LogP contribution is -2.10. The number of allylic oxidation sites excluding steroid dienone is 1. The fraction of sp³-hybridized carbons (Fsp3) is 0.259. The van der Waals surface area contributed by atoms with Crippen molar-refractivity contribution in [3.63, 3.8) is 0 Å². The van der Waals surface area contributed by atoms with E-state index in [1.54, 1.807) is 7.11 Å². The molecule has 0 aliphatic heterocycles. The van der Waals surface area contributed by atoms with Gasteiger partial charge in [-0.25, -0.2) is 0 Å². The first-order chi connectivity index (χ1) is 13.4. The summed E-state index contributed by atoms with van der Waals surface area (Å²) in [4.78, 5) is 0. The van der Waals surface area contributed by atoms with Crippen LogP contribution in [0.15, 0.2) is 66.2 Å². The highest BCUT2D eigenvalue weighted by Crippen LogP contribution is 2.46. The summed E-state index contributed by atoms with van der Waals surface area (Å²) < 4.78 is 6.02. The lowest BCUT2D eigenvalue weighted by molar-refractivity contribution is 0.417. The lowest BCUT2D eigenvalue weighted by atomic mass is 9.85. The van der Waals surface area contributed by atoms with Crippen LogP contribution in [0.5, 0.6) is 5.75 Å². The summed E-state index contributed by atoms with van der Waals surface area (Å²) in [6, 6.07) is 21.9. The number of ether oxygens (including phenoxy) is 1. The molecule has 0 spiro atoms. The molecule has 0 heterocycles. The van der Waals surface area contributed by atoms with Gasteiger partial charge in [0.2, 0.25) is 0 Å². The van der Waals surface area contributed by atoms with Crippen molar-refractivity contribution in [3.8, 4) is 28.0 Å². The minimum Gasteiger partial charge on any atom is -0.495 e. The molecule has 1 heteroatoms. The second-order valence-electron chi connectivity index (χ2n) is 8.76. The van der Waals surface area contributed by atoms with Gasteiger partial charge in [-0.3, -0.25) is 0 Å². The van der Waals surface area contributed by atoms with Crippen LogP contribution in [0.1, 0.15) is 44.4 Å². The van der Waals surface area contributed by atoms with Crippen molar-refractivity contribution in [2.24, 2.45) is 0 Å². The fourth-order valence-corrected chi connectivity index (χ4v) is 4.13. The molecule has 3 aromatic carbocycles. The van der Waals surface area contributed by atoms with E-state index in [9.17, 15) is 0 Å². The first-order valence-electron chi connectivity index (χ1n) is 9.96. The van der Waals surface area contributed by atoms with Crippen LogP contribution in [0.4, 0.5) is 0 Å². The summed E-state index contributed by atoms with van der Waals surface area (Å²) in [5.74, 6) is 0.969. The summed E-state index contributed by atoms with van der Waals surface area (Å²) in [5.41, 5.74) is 10.4. The Morgan fingerprint density at radius 1 is 0.857 bits per heavy atom. The molecule has 0 saturated carbocycles. The van der Waals surface area contributed by atoms with Crippen molar-refractivity contribution in [3.05, 3.63) is 82.9 Å². The maximum atomic E-state index is 6.02. The molecular weight excluding hydrogens is 340 g/mol. The van der Waals surface area contributed by atoms with Gasteiger partial charge in [0.25, 0.3) is 0 Å². The molecule has 0 bridgehead atoms. The second kappa shape index (κ2) is 6.98. The Morgan fingerprint density at radius 3 is 2.14 bits per heavy atom. The average Bonchev–Trinajstić information content (AvgIpc) is 3.06. The van der Waals surface area contributed by atoms with Crippen LogP contribution >= 0.6 is 0 Å². The predicted octanol–water partition coefficient (Wildman–Crippen LogP) is 7.29. The summed E-state index contributed by atoms with van der Waals surface area (Å²) in [6.07, 6.45) is 3.30. The first-order valence-corrected chi connectivity index (χ1v) is 9.96. The normalized spacial score (nSPS) is 13.2. The van der Waals surface area contributed by atoms with Crippen LogP contribution < -0.4 is 4.74 Å². The second-order valence-corrected chi connectivity index (χ2v) is 8.76. The van der Waals surface area contributed by atoms with E-state index in [2.05, 4.69) is 94.4 Å². The van der Waals surface area contributed by atoms with E-state index >= 15 is 0 Å². The van der Waals surface area contributed by atoms with Gasteiger partial charge in [0.05, 0.1) is 7.11 Å². The Bertz CT molecular complexity index is 1030. The van der Waals surface area contributed by atoms with Crippen molar-refractivity contribution in [2.75, 3.05) is 7.11 Å². The summed E-state index contributed by atoms with van der Waals surface area (Å²) >= 11 is 0. The number of rotatable bonds is 3. The Kier molecular flexibility index (Phi) is 4.63. The highest BCUT2D eigenvalue weighted by Gasteiger charge is 2.23. The molecule has 0 aromatic heterocycles. The summed E-state index contributed by atoms with van der Waals surface area (Å²) in [7, 11) is 1.79. The molecule has 0 radical (unpaired) electrons. The van der Waals surface area contributed by atoms with Crippen molar-refractivity contribution >= 4 is 6.08 Å². The molecule has 142 valence electrons. The largest absolute Gasteiger partial charge is 0.495 e. The SMILES string of the molecule is COc1c(-c2ccc(C(C)(C)C)cc2)cc2c(c1-c1ccccc1)CC(C)=C2. The zero-order chi connectivity index (χ0) is 19.9. The van der Waals surface area contributed by atoms with Crippen LogP contribution in [-0.4, -0.2) is 7.11 Å². The first kappa shape index (κ1) is 18.6. The Balaban J connectivity index is 1.94. The van der Waals surface area contributed by atoms with E-state index < -0.39 is 0 Å². The van der Waals surface area contributed by atoms with Crippen LogP contribution in [0.2, 0.25) is 0 Å². The fourth-order valence-electron chi connectivity index (χ4n) is 4.13. The molecule has 0 N–H and O–H groups in total. The van der Waals surface area contributed by atoms with Crippen LogP contribution in [0.3, 0.4) is 0 Å². The highest BCUT2D eigenvalue weighted by atomic mass is 16.5. The van der Waals surface area contributed by atoms with E-state index in [0.717, 1.165) is 17.7 Å². The summed E-state index contributed by atoms with van der Waals surface area (Å²) in [5, 5.41) is 0. The monoisotopic (exact) mass is 368 g/mol. The van der Waals surface area contributed by atoms with Gasteiger partial charge in [-0.15, -0.1) is 0 Å². The zero-order valence-corrected chi connectivity index (χ0v) is 17.5. The molecule has 28 heavy (non-hydrogen) atoms. The van der Waals surface area contributed by atoms with Gasteiger partial charge >= 0.3 is 0 Å². The number of methoxy groups -OCH3 is 1. The third-order valence-corrected chi connectivity index (χ3v) is 5.61. The topological polar surface area (TPSA) is 9.23 Å². The Labute approximate surface area is 168 Å². The van der Waals surface area contributed by atoms with Crippen molar-refractivity contribution in [2.45, 2.75) is 39.5 Å². The van der Waals surface area contributed by atoms with E-state index in [1.807, 2.05) is 0 Å². The molecule has 0 fully saturated rings. The number of hydrogen-bond donors (Lipinski definition) is 0. The van der Waals surface area contributed by atoms with Gasteiger partial charge in [-0.2, -0.15) is 0 Å². The van der Waals surface area contributed by atoms with Crippen LogP contribution in [0.25, 0.3) is 28.3 Å². The minimum atomic E-state index is 0.148. The van der Waals surface area contributed by atoms with E-state index in [0.29, 0.717) is 0 Å². The molecule has 1 aliphatic carbocycles. The molecule has 0 saturated heterocycles. The molecule has 0 unspecified atom stereocenters. The zero-order valence-electron chi connectivity index (χ0n) is 17.5. The van der Waals surface area contributed by atoms with Crippen molar-refractivity contribution in [1.29, 1.82) is 0 Å². The maximum absolute atomic E-state index is 6.02. The molecule has 0 atom stereocenters. The molecule has 1 nitrogen and oxygen atoms in total. The quantitative estimate of drug-likeness (QED) is 0.472. The molecular formula is C27H28O. The third kappa shape index (κ3) is 3.26. The maximum Gasteiger partial charge on any atom is 0.134 e. The predicted molar refractivity (Wildman–Crippen MR) is 120 cm³/mol. The number of hydrogen-bond acceptors (Lipinski definition) is 1. The van der Waals surface area contributed by atoms with E-state index in [4.69, 9.17) is 4.74 Å². The molecule has 0 amide bonds. The minimum absolute atomic E-state index is 0.148. The average molecular weight is 369 g/mol. The standard InChI is InChI=1S/C27H28O/c1-18-15-21-17-24(19-11-13-22(14-12-19)27(2,3)4)26(28-5)25(23(21)16-18)20-9-7-6-8-10-20/h6-15,17H,16H2,1-5H3. The van der Waals surface area contributed by atoms with Crippen molar-refractivity contribution < 1.29 is 4.74 Å². The van der Waals surface area contributed by atoms with Gasteiger partial charge in [0, 0.05) is 11.1 Å². The smallest absolute Gasteiger partial charge is 0.134 e. The van der Waals surface area contributed by atoms with Gasteiger partial charge in [-0.05, 0) is 52.6 Å². The van der Waals surface area contributed by atoms with E-state index in [1.165, 1.54) is 39.0 Å². The molecule has 3 aromatic rings. The number of fused-ring (bicyclic) bond motifs is 1. The van der Waals surface area contributed by atoms with Crippen LogP contribution in [0, 0.1) is 0 Å². The van der Waals surface area contributed by atoms with Gasteiger partial charge in [0.1, 0.15) is 5.75 Å². The van der Waals surface area contributed by atoms with Crippen molar-refractivity contribution in [1.82, 2.24) is 0 Å². The molecule has 1 aliphatic rings. The summed E-state index contributed by atoms with van der Waals surface area (Å²) in [6.45, 7) is 8.95. The van der Waals surface area contributed by atoms with Gasteiger partial charge < -0.3 is 4.74 Å².